The van der Waals surface area contributed by atoms with Crippen LogP contribution < -0.4 is 10.6 Å². The Morgan fingerprint density at radius 3 is 2.76 bits per heavy atom. The molecule has 0 atom stereocenters. The highest BCUT2D eigenvalue weighted by atomic mass is 32.1. The molecule has 0 spiro atoms. The van der Waals surface area contributed by atoms with Gasteiger partial charge in [0.25, 0.3) is 0 Å². The summed E-state index contributed by atoms with van der Waals surface area (Å²) in [7, 11) is 0. The summed E-state index contributed by atoms with van der Waals surface area (Å²) in [4.78, 5) is 16.2. The average molecular weight is 321 g/mol. The fourth-order valence-electron chi connectivity index (χ4n) is 2.10. The van der Waals surface area contributed by atoms with Crippen molar-refractivity contribution in [3.63, 3.8) is 0 Å². The van der Waals surface area contributed by atoms with Crippen molar-refractivity contribution in [3.8, 4) is 0 Å². The van der Waals surface area contributed by atoms with Crippen molar-refractivity contribution in [1.82, 2.24) is 10.3 Å². The summed E-state index contributed by atoms with van der Waals surface area (Å²) in [6, 6.07) is 4.21. The highest BCUT2D eigenvalue weighted by Gasteiger charge is 2.10. The Bertz CT molecular complexity index is 692. The number of nitrogens with one attached hydrogen (secondary N) is 2. The molecule has 2 rings (SSSR count). The first-order valence-electron chi connectivity index (χ1n) is 6.83. The number of aryl methyl sites for hydroxylation is 2. The van der Waals surface area contributed by atoms with Crippen LogP contribution in [0.1, 0.15) is 31.4 Å². The molecule has 2 N–H and O–H groups in total. The van der Waals surface area contributed by atoms with Crippen LogP contribution in [0.4, 0.5) is 5.13 Å². The van der Waals surface area contributed by atoms with E-state index in [4.69, 9.17) is 12.2 Å². The van der Waals surface area contributed by atoms with Crippen molar-refractivity contribution in [2.45, 2.75) is 34.1 Å². The second kappa shape index (κ2) is 6.49. The van der Waals surface area contributed by atoms with E-state index in [-0.39, 0.29) is 5.91 Å². The predicted octanol–water partition coefficient (Wildman–Crippen LogP) is 3.77. The number of hydrogen-bond acceptors (Lipinski definition) is 4. The minimum atomic E-state index is -0.0735. The fraction of sp³-hybridized carbons (Fsp3) is 0.400. The monoisotopic (exact) mass is 321 g/mol. The van der Waals surface area contributed by atoms with Crippen LogP contribution in [0.2, 0.25) is 0 Å². The Kier molecular flexibility index (Phi) is 4.90. The first kappa shape index (κ1) is 15.9. The number of aromatic nitrogens is 1. The molecule has 1 amide bonds. The van der Waals surface area contributed by atoms with Gasteiger partial charge in [-0.25, -0.2) is 4.98 Å². The molecule has 1 aromatic carbocycles. The van der Waals surface area contributed by atoms with E-state index in [9.17, 15) is 4.79 Å². The van der Waals surface area contributed by atoms with Gasteiger partial charge in [-0.1, -0.05) is 31.3 Å². The number of benzene rings is 1. The Hall–Kier alpha value is -1.53. The Morgan fingerprint density at radius 2 is 2.10 bits per heavy atom. The van der Waals surface area contributed by atoms with E-state index in [1.54, 1.807) is 0 Å². The molecule has 0 fully saturated rings. The van der Waals surface area contributed by atoms with Crippen molar-refractivity contribution >= 4 is 49.9 Å². The fourth-order valence-corrected chi connectivity index (χ4v) is 3.42. The van der Waals surface area contributed by atoms with Crippen molar-refractivity contribution in [2.75, 3.05) is 5.32 Å². The van der Waals surface area contributed by atoms with Gasteiger partial charge in [0, 0.05) is 6.42 Å². The molecule has 4 nitrogen and oxygen atoms in total. The van der Waals surface area contributed by atoms with Gasteiger partial charge in [0.1, 0.15) is 0 Å². The van der Waals surface area contributed by atoms with Gasteiger partial charge in [-0.2, -0.15) is 0 Å². The maximum atomic E-state index is 11.7. The van der Waals surface area contributed by atoms with Crippen LogP contribution in [0.5, 0.6) is 0 Å². The third-order valence-electron chi connectivity index (χ3n) is 2.90. The van der Waals surface area contributed by atoms with Gasteiger partial charge in [0.15, 0.2) is 10.2 Å². The summed E-state index contributed by atoms with van der Waals surface area (Å²) in [5.74, 6) is 0.233. The quantitative estimate of drug-likeness (QED) is 0.845. The lowest BCUT2D eigenvalue weighted by Gasteiger charge is -2.08. The molecule has 0 bridgehead atoms. The van der Waals surface area contributed by atoms with Crippen molar-refractivity contribution in [1.29, 1.82) is 0 Å². The number of thiazole rings is 1. The minimum Gasteiger partial charge on any atom is -0.308 e. The molecule has 6 heteroatoms. The Balaban J connectivity index is 2.08. The second-order valence-electron chi connectivity index (χ2n) is 5.55. The summed E-state index contributed by atoms with van der Waals surface area (Å²) in [6.45, 7) is 8.10. The number of anilines is 1. The Labute approximate surface area is 134 Å². The first-order chi connectivity index (χ1) is 9.85. The molecule has 2 aromatic rings. The molecule has 112 valence electrons. The third kappa shape index (κ3) is 4.22. The van der Waals surface area contributed by atoms with E-state index in [0.29, 0.717) is 22.6 Å². The molecular formula is C15H19N3OS2. The number of rotatable bonds is 3. The Morgan fingerprint density at radius 1 is 1.38 bits per heavy atom. The lowest BCUT2D eigenvalue weighted by Crippen LogP contribution is -2.34. The van der Waals surface area contributed by atoms with Gasteiger partial charge in [-0.3, -0.25) is 4.79 Å². The SMILES string of the molecule is Cc1cc(C)c2nc(NC(=S)NC(=O)CC(C)C)sc2c1. The highest BCUT2D eigenvalue weighted by Crippen LogP contribution is 2.29. The van der Waals surface area contributed by atoms with E-state index in [0.717, 1.165) is 15.8 Å². The van der Waals surface area contributed by atoms with Gasteiger partial charge in [-0.15, -0.1) is 0 Å². The molecule has 0 aliphatic rings. The average Bonchev–Trinajstić information content (AvgIpc) is 2.69. The lowest BCUT2D eigenvalue weighted by molar-refractivity contribution is -0.120. The van der Waals surface area contributed by atoms with Crippen LogP contribution in [0.25, 0.3) is 10.2 Å². The van der Waals surface area contributed by atoms with Crippen molar-refractivity contribution < 1.29 is 4.79 Å². The van der Waals surface area contributed by atoms with E-state index < -0.39 is 0 Å². The number of nitrogens with zero attached hydrogens (tertiary/aromatic N) is 1. The molecule has 21 heavy (non-hydrogen) atoms. The number of carbonyl (C=O) groups excluding carboxylic acids is 1. The number of fused-ring (bicyclic) bond motifs is 1. The van der Waals surface area contributed by atoms with E-state index in [1.807, 2.05) is 20.8 Å². The van der Waals surface area contributed by atoms with Crippen molar-refractivity contribution in [3.05, 3.63) is 23.3 Å². The molecular weight excluding hydrogens is 302 g/mol. The zero-order valence-electron chi connectivity index (χ0n) is 12.6. The number of carbonyl (C=O) groups is 1. The molecule has 0 aliphatic heterocycles. The van der Waals surface area contributed by atoms with Gasteiger partial charge in [0.2, 0.25) is 5.91 Å². The first-order valence-corrected chi connectivity index (χ1v) is 8.06. The van der Waals surface area contributed by atoms with Crippen LogP contribution in [-0.2, 0) is 4.79 Å². The zero-order chi connectivity index (χ0) is 15.6. The number of amides is 1. The van der Waals surface area contributed by atoms with Crippen LogP contribution in [0.3, 0.4) is 0 Å². The molecule has 0 saturated carbocycles. The highest BCUT2D eigenvalue weighted by molar-refractivity contribution is 7.80. The smallest absolute Gasteiger partial charge is 0.226 e. The molecule has 0 unspecified atom stereocenters. The normalized spacial score (nSPS) is 10.9. The molecule has 0 radical (unpaired) electrons. The van der Waals surface area contributed by atoms with Gasteiger partial charge in [0.05, 0.1) is 10.2 Å². The van der Waals surface area contributed by atoms with Gasteiger partial charge in [-0.05, 0) is 49.2 Å². The standard InChI is InChI=1S/C15H19N3OS2/c1-8(2)5-12(19)16-14(20)18-15-17-13-10(4)6-9(3)7-11(13)21-15/h6-8H,5H2,1-4H3,(H2,16,17,18,19,20). The van der Waals surface area contributed by atoms with Crippen LogP contribution >= 0.6 is 23.6 Å². The molecule has 1 heterocycles. The van der Waals surface area contributed by atoms with E-state index >= 15 is 0 Å². The van der Waals surface area contributed by atoms with E-state index in [2.05, 4.69) is 34.7 Å². The summed E-state index contributed by atoms with van der Waals surface area (Å²) in [6.07, 6.45) is 0.458. The molecule has 0 aliphatic carbocycles. The topological polar surface area (TPSA) is 54.0 Å². The minimum absolute atomic E-state index is 0.0735. The van der Waals surface area contributed by atoms with Crippen LogP contribution in [-0.4, -0.2) is 16.0 Å². The number of hydrogen-bond donors (Lipinski definition) is 2. The molecule has 0 saturated heterocycles. The maximum absolute atomic E-state index is 11.7. The molecule has 1 aromatic heterocycles. The second-order valence-corrected chi connectivity index (χ2v) is 6.99. The predicted molar refractivity (Wildman–Crippen MR) is 92.9 cm³/mol. The number of thiocarbonyl (C=S) groups is 1. The summed E-state index contributed by atoms with van der Waals surface area (Å²) < 4.78 is 1.12. The summed E-state index contributed by atoms with van der Waals surface area (Å²) in [5.41, 5.74) is 3.33. The van der Waals surface area contributed by atoms with Gasteiger partial charge < -0.3 is 10.6 Å². The van der Waals surface area contributed by atoms with Crippen LogP contribution in [0.15, 0.2) is 12.1 Å². The third-order valence-corrected chi connectivity index (χ3v) is 4.02. The van der Waals surface area contributed by atoms with Crippen LogP contribution in [0, 0.1) is 19.8 Å². The lowest BCUT2D eigenvalue weighted by atomic mass is 10.1. The zero-order valence-corrected chi connectivity index (χ0v) is 14.2. The maximum Gasteiger partial charge on any atom is 0.226 e. The summed E-state index contributed by atoms with van der Waals surface area (Å²) >= 11 is 6.69. The summed E-state index contributed by atoms with van der Waals surface area (Å²) in [5, 5.41) is 6.67. The van der Waals surface area contributed by atoms with Crippen molar-refractivity contribution in [2.24, 2.45) is 5.92 Å². The van der Waals surface area contributed by atoms with Gasteiger partial charge >= 0.3 is 0 Å². The largest absolute Gasteiger partial charge is 0.308 e. The van der Waals surface area contributed by atoms with E-state index in [1.165, 1.54) is 16.9 Å².